The standard InChI is InChI=1S/C25H33F3O2S/c1-23-10-8-18-17-9-11-24(30,25(26,27)28)14-15(17)4-5-19(18)20(23)6-7-21(23)22(29)13-16-3-2-12-31-16/h2-3,12,15,17-21,30H,4-11,13-14H2,1H3/t15-,17+,18-,19-,20+,21-,23+,24-/m1/s1. The van der Waals surface area contributed by atoms with Crippen molar-refractivity contribution < 1.29 is 23.1 Å². The van der Waals surface area contributed by atoms with E-state index in [-0.39, 0.29) is 30.1 Å². The molecule has 0 radical (unpaired) electrons. The Labute approximate surface area is 186 Å². The third-order valence-corrected chi connectivity index (χ3v) is 10.7. The number of aliphatic hydroxyl groups is 1. The number of hydrogen-bond donors (Lipinski definition) is 1. The average molecular weight is 455 g/mol. The largest absolute Gasteiger partial charge is 0.417 e. The second-order valence-electron chi connectivity index (χ2n) is 11.1. The summed E-state index contributed by atoms with van der Waals surface area (Å²) in [5.41, 5.74) is -2.44. The highest BCUT2D eigenvalue weighted by molar-refractivity contribution is 7.10. The predicted octanol–water partition coefficient (Wildman–Crippen LogP) is 6.42. The first-order valence-corrected chi connectivity index (χ1v) is 12.8. The molecule has 0 aromatic carbocycles. The fourth-order valence-corrected chi connectivity index (χ4v) is 9.09. The lowest BCUT2D eigenvalue weighted by atomic mass is 9.48. The molecule has 4 fully saturated rings. The van der Waals surface area contributed by atoms with E-state index < -0.39 is 11.8 Å². The molecule has 6 heteroatoms. The van der Waals surface area contributed by atoms with Gasteiger partial charge in [-0.15, -0.1) is 11.3 Å². The Bertz CT molecular complexity index is 821. The lowest BCUT2D eigenvalue weighted by Crippen LogP contribution is -2.55. The van der Waals surface area contributed by atoms with Crippen molar-refractivity contribution in [2.45, 2.75) is 82.9 Å². The molecule has 5 rings (SSSR count). The number of rotatable bonds is 3. The quantitative estimate of drug-likeness (QED) is 0.572. The summed E-state index contributed by atoms with van der Waals surface area (Å²) < 4.78 is 40.3. The van der Waals surface area contributed by atoms with Crippen molar-refractivity contribution in [3.63, 3.8) is 0 Å². The number of hydrogen-bond acceptors (Lipinski definition) is 3. The van der Waals surface area contributed by atoms with Gasteiger partial charge in [-0.1, -0.05) is 13.0 Å². The molecule has 4 aliphatic carbocycles. The van der Waals surface area contributed by atoms with Crippen LogP contribution in [0.4, 0.5) is 13.2 Å². The SMILES string of the molecule is C[C@]12CC[C@H]3[C@@H](CC[C@@H]4C[C@@](O)(C(F)(F)F)CC[C@@H]43)[C@@H]1CC[C@@H]2C(=O)Cc1cccs1. The van der Waals surface area contributed by atoms with Crippen LogP contribution in [0.5, 0.6) is 0 Å². The summed E-state index contributed by atoms with van der Waals surface area (Å²) >= 11 is 1.65. The molecule has 0 amide bonds. The van der Waals surface area contributed by atoms with Gasteiger partial charge in [-0.25, -0.2) is 0 Å². The van der Waals surface area contributed by atoms with Gasteiger partial charge in [0.1, 0.15) is 5.78 Å². The van der Waals surface area contributed by atoms with Gasteiger partial charge >= 0.3 is 6.18 Å². The van der Waals surface area contributed by atoms with E-state index in [0.717, 1.165) is 43.4 Å². The van der Waals surface area contributed by atoms with E-state index in [9.17, 15) is 23.1 Å². The van der Waals surface area contributed by atoms with E-state index in [4.69, 9.17) is 0 Å². The molecule has 0 aliphatic heterocycles. The molecule has 0 unspecified atom stereocenters. The van der Waals surface area contributed by atoms with Gasteiger partial charge in [0.15, 0.2) is 5.60 Å². The number of halogens is 3. The highest BCUT2D eigenvalue weighted by atomic mass is 32.1. The van der Waals surface area contributed by atoms with Gasteiger partial charge < -0.3 is 5.11 Å². The fraction of sp³-hybridized carbons (Fsp3) is 0.800. The van der Waals surface area contributed by atoms with Crippen molar-refractivity contribution in [2.75, 3.05) is 0 Å². The van der Waals surface area contributed by atoms with Gasteiger partial charge in [-0.05, 0) is 104 Å². The Morgan fingerprint density at radius 3 is 2.58 bits per heavy atom. The molecule has 4 saturated carbocycles. The molecule has 4 aliphatic rings. The average Bonchev–Trinajstić information content (AvgIpc) is 3.33. The Morgan fingerprint density at radius 2 is 1.87 bits per heavy atom. The van der Waals surface area contributed by atoms with Crippen molar-refractivity contribution in [2.24, 2.45) is 40.9 Å². The zero-order chi connectivity index (χ0) is 22.0. The summed E-state index contributed by atoms with van der Waals surface area (Å²) in [5, 5.41) is 12.3. The molecular formula is C25H33F3O2S. The topological polar surface area (TPSA) is 37.3 Å². The third kappa shape index (κ3) is 3.51. The van der Waals surface area contributed by atoms with Crippen molar-refractivity contribution >= 4 is 17.1 Å². The summed E-state index contributed by atoms with van der Waals surface area (Å²) in [6, 6.07) is 4.04. The second kappa shape index (κ2) is 7.58. The first-order chi connectivity index (χ1) is 14.6. The number of carbonyl (C=O) groups excluding carboxylic acids is 1. The number of thiophene rings is 1. The van der Waals surface area contributed by atoms with Crippen LogP contribution in [-0.2, 0) is 11.2 Å². The normalized spacial score (nSPS) is 44.9. The Balaban J connectivity index is 1.30. The number of fused-ring (bicyclic) bond motifs is 5. The van der Waals surface area contributed by atoms with Crippen LogP contribution in [0, 0.1) is 40.9 Å². The Kier molecular flexibility index (Phi) is 5.36. The van der Waals surface area contributed by atoms with Crippen molar-refractivity contribution in [3.05, 3.63) is 22.4 Å². The zero-order valence-electron chi connectivity index (χ0n) is 18.2. The summed E-state index contributed by atoms with van der Waals surface area (Å²) in [4.78, 5) is 14.3. The van der Waals surface area contributed by atoms with Crippen LogP contribution in [-0.4, -0.2) is 22.7 Å². The van der Waals surface area contributed by atoms with E-state index >= 15 is 0 Å². The summed E-state index contributed by atoms with van der Waals surface area (Å²) in [7, 11) is 0. The zero-order valence-corrected chi connectivity index (χ0v) is 19.0. The molecule has 1 aromatic heterocycles. The van der Waals surface area contributed by atoms with Crippen LogP contribution in [0.1, 0.15) is 69.6 Å². The van der Waals surface area contributed by atoms with Gasteiger partial charge in [0.2, 0.25) is 0 Å². The minimum Gasteiger partial charge on any atom is -0.380 e. The van der Waals surface area contributed by atoms with Crippen molar-refractivity contribution in [3.8, 4) is 0 Å². The maximum absolute atomic E-state index is 13.4. The van der Waals surface area contributed by atoms with Gasteiger partial charge in [0.05, 0.1) is 0 Å². The van der Waals surface area contributed by atoms with E-state index in [0.29, 0.717) is 42.3 Å². The Morgan fingerprint density at radius 1 is 1.10 bits per heavy atom. The molecule has 2 nitrogen and oxygen atoms in total. The molecule has 1 N–H and O–H groups in total. The minimum atomic E-state index is -4.53. The molecule has 31 heavy (non-hydrogen) atoms. The molecule has 0 saturated heterocycles. The van der Waals surface area contributed by atoms with E-state index in [1.165, 1.54) is 0 Å². The number of Topliss-reactive ketones (excluding diaryl/α,β-unsaturated/α-hetero) is 1. The highest BCUT2D eigenvalue weighted by Gasteiger charge is 2.62. The molecular weight excluding hydrogens is 421 g/mol. The van der Waals surface area contributed by atoms with Crippen molar-refractivity contribution in [1.29, 1.82) is 0 Å². The molecule has 8 atom stereocenters. The predicted molar refractivity (Wildman–Crippen MR) is 115 cm³/mol. The molecule has 1 aromatic rings. The molecule has 172 valence electrons. The Hall–Kier alpha value is -0.880. The van der Waals surface area contributed by atoms with Crippen LogP contribution in [0.2, 0.25) is 0 Å². The van der Waals surface area contributed by atoms with Gasteiger partial charge in [-0.3, -0.25) is 4.79 Å². The van der Waals surface area contributed by atoms with Crippen LogP contribution in [0.15, 0.2) is 17.5 Å². The maximum atomic E-state index is 13.4. The van der Waals surface area contributed by atoms with Crippen LogP contribution >= 0.6 is 11.3 Å². The maximum Gasteiger partial charge on any atom is 0.417 e. The lowest BCUT2D eigenvalue weighted by Gasteiger charge is -2.57. The minimum absolute atomic E-state index is 0.0105. The van der Waals surface area contributed by atoms with Crippen LogP contribution in [0.3, 0.4) is 0 Å². The summed E-state index contributed by atoms with van der Waals surface area (Å²) in [6.45, 7) is 2.33. The highest BCUT2D eigenvalue weighted by Crippen LogP contribution is 2.65. The van der Waals surface area contributed by atoms with E-state index in [1.54, 1.807) is 11.3 Å². The van der Waals surface area contributed by atoms with Gasteiger partial charge in [0.25, 0.3) is 0 Å². The first kappa shape index (κ1) is 21.9. The lowest BCUT2D eigenvalue weighted by molar-refractivity contribution is -0.282. The monoisotopic (exact) mass is 454 g/mol. The number of ketones is 1. The number of carbonyl (C=O) groups is 1. The van der Waals surface area contributed by atoms with Crippen LogP contribution < -0.4 is 0 Å². The molecule has 0 bridgehead atoms. The van der Waals surface area contributed by atoms with E-state index in [1.807, 2.05) is 17.5 Å². The molecule has 1 heterocycles. The third-order valence-electron chi connectivity index (χ3n) is 9.85. The van der Waals surface area contributed by atoms with Gasteiger partial charge in [-0.2, -0.15) is 13.2 Å². The molecule has 0 spiro atoms. The first-order valence-electron chi connectivity index (χ1n) is 12.0. The smallest absolute Gasteiger partial charge is 0.380 e. The van der Waals surface area contributed by atoms with Crippen LogP contribution in [0.25, 0.3) is 0 Å². The van der Waals surface area contributed by atoms with Gasteiger partial charge in [0, 0.05) is 17.2 Å². The fourth-order valence-electron chi connectivity index (χ4n) is 8.37. The van der Waals surface area contributed by atoms with E-state index in [2.05, 4.69) is 6.92 Å². The van der Waals surface area contributed by atoms with Crippen molar-refractivity contribution in [1.82, 2.24) is 0 Å². The number of alkyl halides is 3. The summed E-state index contributed by atoms with van der Waals surface area (Å²) in [5.74, 6) is 2.34. The second-order valence-corrected chi connectivity index (χ2v) is 12.1. The summed E-state index contributed by atoms with van der Waals surface area (Å²) in [6.07, 6.45) is 2.11.